The zero-order chi connectivity index (χ0) is 14.9. The van der Waals surface area contributed by atoms with Gasteiger partial charge in [-0.1, -0.05) is 30.3 Å². The average Bonchev–Trinajstić information content (AvgIpc) is 2.99. The fraction of sp³-hybridized carbons (Fsp3) is 0. The lowest BCUT2D eigenvalue weighted by Gasteiger charge is -2.06. The highest BCUT2D eigenvalue weighted by Gasteiger charge is 2.13. The lowest BCUT2D eigenvalue weighted by Crippen LogP contribution is -2.11. The number of carbonyl (C=O) groups is 1. The van der Waals surface area contributed by atoms with Crippen LogP contribution < -0.4 is 5.32 Å². The number of hydrogen-bond acceptors (Lipinski definition) is 4. The van der Waals surface area contributed by atoms with Gasteiger partial charge in [0.15, 0.2) is 0 Å². The van der Waals surface area contributed by atoms with Gasteiger partial charge in [0.25, 0.3) is 5.91 Å². The molecular weight excluding hydrogens is 294 g/mol. The third kappa shape index (κ3) is 2.21. The van der Waals surface area contributed by atoms with Gasteiger partial charge in [-0.2, -0.15) is 0 Å². The van der Waals surface area contributed by atoms with Crippen LogP contribution in [-0.4, -0.2) is 15.9 Å². The van der Waals surface area contributed by atoms with Crippen molar-refractivity contribution in [1.29, 1.82) is 0 Å². The molecule has 0 radical (unpaired) electrons. The lowest BCUT2D eigenvalue weighted by atomic mass is 10.1. The largest absolute Gasteiger partial charge is 0.322 e. The summed E-state index contributed by atoms with van der Waals surface area (Å²) >= 11 is 1.47. The smallest absolute Gasteiger partial charge is 0.258 e. The second kappa shape index (κ2) is 5.20. The molecule has 0 fully saturated rings. The second-order valence-electron chi connectivity index (χ2n) is 4.90. The maximum Gasteiger partial charge on any atom is 0.258 e. The molecule has 5 heteroatoms. The minimum Gasteiger partial charge on any atom is -0.322 e. The van der Waals surface area contributed by atoms with Crippen LogP contribution in [0, 0.1) is 0 Å². The number of rotatable bonds is 2. The van der Waals surface area contributed by atoms with Crippen LogP contribution in [0.25, 0.3) is 21.0 Å². The van der Waals surface area contributed by atoms with E-state index in [4.69, 9.17) is 0 Å². The van der Waals surface area contributed by atoms with E-state index in [1.807, 2.05) is 47.8 Å². The minimum atomic E-state index is -0.153. The van der Waals surface area contributed by atoms with E-state index in [-0.39, 0.29) is 5.91 Å². The maximum absolute atomic E-state index is 12.5. The van der Waals surface area contributed by atoms with Gasteiger partial charge in [-0.3, -0.25) is 4.79 Å². The van der Waals surface area contributed by atoms with Crippen molar-refractivity contribution in [3.8, 4) is 0 Å². The number of fused-ring (bicyclic) bond motifs is 2. The molecule has 0 aliphatic rings. The zero-order valence-electron chi connectivity index (χ0n) is 11.5. The third-order valence-electron chi connectivity index (χ3n) is 3.49. The van der Waals surface area contributed by atoms with Crippen molar-refractivity contribution in [3.05, 3.63) is 65.9 Å². The quantitative estimate of drug-likeness (QED) is 0.606. The third-order valence-corrected chi connectivity index (χ3v) is 4.40. The molecule has 2 aromatic carbocycles. The molecule has 1 N–H and O–H groups in total. The normalized spacial score (nSPS) is 10.9. The molecular formula is C17H11N3OS. The Morgan fingerprint density at radius 2 is 1.95 bits per heavy atom. The summed E-state index contributed by atoms with van der Waals surface area (Å²) in [5.41, 5.74) is 2.05. The summed E-state index contributed by atoms with van der Waals surface area (Å²) in [5.74, 6) is -0.153. The van der Waals surface area contributed by atoms with Crippen LogP contribution in [-0.2, 0) is 0 Å². The van der Waals surface area contributed by atoms with Crippen molar-refractivity contribution in [2.75, 3.05) is 5.32 Å². The van der Waals surface area contributed by atoms with Crippen molar-refractivity contribution in [2.45, 2.75) is 0 Å². The molecule has 0 unspecified atom stereocenters. The Balaban J connectivity index is 1.68. The Morgan fingerprint density at radius 1 is 1.09 bits per heavy atom. The Morgan fingerprint density at radius 3 is 2.86 bits per heavy atom. The van der Waals surface area contributed by atoms with E-state index >= 15 is 0 Å². The first-order valence-corrected chi connectivity index (χ1v) is 7.66. The topological polar surface area (TPSA) is 54.9 Å². The fourth-order valence-electron chi connectivity index (χ4n) is 2.41. The highest BCUT2D eigenvalue weighted by molar-refractivity contribution is 7.17. The van der Waals surface area contributed by atoms with Gasteiger partial charge in [0.2, 0.25) is 0 Å². The summed E-state index contributed by atoms with van der Waals surface area (Å²) in [5, 5.41) is 6.99. The summed E-state index contributed by atoms with van der Waals surface area (Å²) in [6.45, 7) is 0. The van der Waals surface area contributed by atoms with Gasteiger partial charge in [-0.15, -0.1) is 11.3 Å². The molecule has 0 aliphatic heterocycles. The molecule has 0 saturated heterocycles. The minimum absolute atomic E-state index is 0.153. The van der Waals surface area contributed by atoms with Crippen LogP contribution in [0.2, 0.25) is 0 Å². The van der Waals surface area contributed by atoms with Crippen molar-refractivity contribution in [3.63, 3.8) is 0 Å². The summed E-state index contributed by atoms with van der Waals surface area (Å²) in [6, 6.07) is 13.9. The Kier molecular flexibility index (Phi) is 3.05. The Labute approximate surface area is 130 Å². The lowest BCUT2D eigenvalue weighted by molar-refractivity contribution is 0.102. The number of thiophene rings is 1. The highest BCUT2D eigenvalue weighted by Crippen LogP contribution is 2.24. The van der Waals surface area contributed by atoms with Gasteiger partial charge in [0.05, 0.1) is 15.8 Å². The molecule has 1 amide bonds. The van der Waals surface area contributed by atoms with Crippen LogP contribution in [0.4, 0.5) is 5.69 Å². The standard InChI is InChI=1S/C17H11N3OS/c21-17(14-9-22-15-8-18-10-19-16(14)15)20-13-6-5-11-3-1-2-4-12(11)7-13/h1-10H,(H,20,21). The predicted octanol–water partition coefficient (Wildman–Crippen LogP) is 4.10. The molecule has 4 rings (SSSR count). The van der Waals surface area contributed by atoms with Gasteiger partial charge in [-0.05, 0) is 22.9 Å². The van der Waals surface area contributed by atoms with E-state index < -0.39 is 0 Å². The molecule has 22 heavy (non-hydrogen) atoms. The van der Waals surface area contributed by atoms with Crippen molar-refractivity contribution in [1.82, 2.24) is 9.97 Å². The van der Waals surface area contributed by atoms with E-state index in [0.29, 0.717) is 11.1 Å². The Hall–Kier alpha value is -2.79. The first-order chi connectivity index (χ1) is 10.8. The molecule has 4 aromatic rings. The van der Waals surface area contributed by atoms with E-state index in [2.05, 4.69) is 15.3 Å². The van der Waals surface area contributed by atoms with Gasteiger partial charge < -0.3 is 5.32 Å². The van der Waals surface area contributed by atoms with E-state index in [9.17, 15) is 4.79 Å². The highest BCUT2D eigenvalue weighted by atomic mass is 32.1. The van der Waals surface area contributed by atoms with Gasteiger partial charge in [0, 0.05) is 17.3 Å². The number of hydrogen-bond donors (Lipinski definition) is 1. The van der Waals surface area contributed by atoms with E-state index in [1.165, 1.54) is 17.7 Å². The predicted molar refractivity (Wildman–Crippen MR) is 89.3 cm³/mol. The van der Waals surface area contributed by atoms with Gasteiger partial charge in [-0.25, -0.2) is 9.97 Å². The first kappa shape index (κ1) is 12.9. The van der Waals surface area contributed by atoms with Crippen molar-refractivity contribution < 1.29 is 4.79 Å². The number of nitrogens with zero attached hydrogens (tertiary/aromatic N) is 2. The van der Waals surface area contributed by atoms with Crippen LogP contribution in [0.15, 0.2) is 60.4 Å². The van der Waals surface area contributed by atoms with Gasteiger partial charge >= 0.3 is 0 Å². The molecule has 2 heterocycles. The number of anilines is 1. The molecule has 0 atom stereocenters. The molecule has 0 spiro atoms. The molecule has 2 aromatic heterocycles. The monoisotopic (exact) mass is 305 g/mol. The number of aromatic nitrogens is 2. The molecule has 4 nitrogen and oxygen atoms in total. The zero-order valence-corrected chi connectivity index (χ0v) is 12.3. The number of benzene rings is 2. The number of nitrogens with one attached hydrogen (secondary N) is 1. The van der Waals surface area contributed by atoms with Crippen LogP contribution >= 0.6 is 11.3 Å². The average molecular weight is 305 g/mol. The van der Waals surface area contributed by atoms with Crippen LogP contribution in [0.3, 0.4) is 0 Å². The summed E-state index contributed by atoms with van der Waals surface area (Å²) < 4.78 is 0.908. The molecule has 0 aliphatic carbocycles. The van der Waals surface area contributed by atoms with Crippen LogP contribution in [0.1, 0.15) is 10.4 Å². The van der Waals surface area contributed by atoms with Crippen LogP contribution in [0.5, 0.6) is 0 Å². The summed E-state index contributed by atoms with van der Waals surface area (Å²) in [7, 11) is 0. The fourth-order valence-corrected chi connectivity index (χ4v) is 3.27. The first-order valence-electron chi connectivity index (χ1n) is 6.78. The summed E-state index contributed by atoms with van der Waals surface area (Å²) in [4.78, 5) is 20.6. The summed E-state index contributed by atoms with van der Waals surface area (Å²) in [6.07, 6.45) is 3.18. The van der Waals surface area contributed by atoms with E-state index in [0.717, 1.165) is 21.2 Å². The van der Waals surface area contributed by atoms with Gasteiger partial charge in [0.1, 0.15) is 6.33 Å². The SMILES string of the molecule is O=C(Nc1ccc2ccccc2c1)c1csc2cncnc12. The number of amides is 1. The van der Waals surface area contributed by atoms with Crippen molar-refractivity contribution in [2.24, 2.45) is 0 Å². The van der Waals surface area contributed by atoms with E-state index in [1.54, 1.807) is 6.20 Å². The molecule has 106 valence electrons. The molecule has 0 bridgehead atoms. The number of carbonyl (C=O) groups excluding carboxylic acids is 1. The second-order valence-corrected chi connectivity index (χ2v) is 5.81. The Bertz CT molecular complexity index is 993. The van der Waals surface area contributed by atoms with Crippen molar-refractivity contribution >= 4 is 43.9 Å². The molecule has 0 saturated carbocycles. The maximum atomic E-state index is 12.5.